The number of benzene rings is 11. The summed E-state index contributed by atoms with van der Waals surface area (Å²) in [7, 11) is 0. The van der Waals surface area contributed by atoms with Crippen LogP contribution in [0.25, 0.3) is 82.5 Å². The number of aromatic nitrogens is 3. The molecule has 0 radical (unpaired) electrons. The molecule has 0 N–H and O–H groups in total. The lowest BCUT2D eigenvalue weighted by atomic mass is 9.34. The van der Waals surface area contributed by atoms with E-state index in [-0.39, 0.29) is 13.4 Å². The van der Waals surface area contributed by atoms with E-state index in [1.807, 2.05) is 18.2 Å². The molecule has 0 aliphatic carbocycles. The maximum Gasteiger partial charge on any atom is 0.270 e. The zero-order chi connectivity index (χ0) is 49.1. The van der Waals surface area contributed by atoms with Crippen LogP contribution in [0, 0.1) is 0 Å². The van der Waals surface area contributed by atoms with Gasteiger partial charge in [0.25, 0.3) is 13.4 Å². The van der Waals surface area contributed by atoms with E-state index in [9.17, 15) is 0 Å². The van der Waals surface area contributed by atoms with Crippen molar-refractivity contribution in [1.29, 1.82) is 0 Å². The highest BCUT2D eigenvalue weighted by Crippen LogP contribution is 2.48. The summed E-state index contributed by atoms with van der Waals surface area (Å²) in [4.78, 5) is 0. The number of fused-ring (bicyclic) bond motifs is 14. The first-order valence-corrected chi connectivity index (χ1v) is 25.9. The second-order valence-corrected chi connectivity index (χ2v) is 20.6. The van der Waals surface area contributed by atoms with E-state index in [0.29, 0.717) is 0 Å². The van der Waals surface area contributed by atoms with Gasteiger partial charge in [-0.3, -0.25) is 0 Å². The predicted octanol–water partition coefficient (Wildman–Crippen LogP) is 12.5. The van der Waals surface area contributed by atoms with Crippen LogP contribution in [-0.4, -0.2) is 27.1 Å². The lowest BCUT2D eigenvalue weighted by Gasteiger charge is -2.38. The van der Waals surface area contributed by atoms with E-state index in [2.05, 4.69) is 208 Å². The average Bonchev–Trinajstić information content (AvgIpc) is 4.27. The fourth-order valence-corrected chi connectivity index (χ4v) is 13.9. The number of nitrogens with zero attached hydrogens (tertiary/aromatic N) is 3. The molecule has 19 rings (SSSR count). The summed E-state index contributed by atoms with van der Waals surface area (Å²) in [6, 6.07) is 75.3. The van der Waals surface area contributed by atoms with Gasteiger partial charge in [0.15, 0.2) is 0 Å². The molecule has 0 saturated carbocycles. The minimum Gasteiger partial charge on any atom is -0.458 e. The Balaban J connectivity index is 0.843. The molecule has 3 aromatic heterocycles. The SMILES string of the molecule is c1ccc2c(c1)Oc1cc(-n3c4ccccc4c4ccc5c(c6ccccc6n5-c5cc6c7c(c5)Oc5cc(-n8c9ccccc9c9ccccc98)cc8c5B7c5c(cccc5O6)O8)c43)cc3c1B2c1ccccc1O3. The minimum atomic E-state index is -0.153. The summed E-state index contributed by atoms with van der Waals surface area (Å²) in [5.41, 5.74) is 15.7. The molecule has 11 aromatic carbocycles. The molecule has 10 heteroatoms. The molecule has 350 valence electrons. The fraction of sp³-hybridized carbons (Fsp3) is 0. The van der Waals surface area contributed by atoms with Gasteiger partial charge in [0.1, 0.15) is 57.5 Å². The van der Waals surface area contributed by atoms with Crippen LogP contribution in [0.5, 0.6) is 57.5 Å². The van der Waals surface area contributed by atoms with Gasteiger partial charge in [-0.25, -0.2) is 0 Å². The van der Waals surface area contributed by atoms with Crippen molar-refractivity contribution in [3.05, 3.63) is 212 Å². The van der Waals surface area contributed by atoms with Gasteiger partial charge in [0.2, 0.25) is 0 Å². The summed E-state index contributed by atoms with van der Waals surface area (Å²) in [6.45, 7) is -0.176. The van der Waals surface area contributed by atoms with Crippen LogP contribution in [0.2, 0.25) is 0 Å². The number of rotatable bonds is 3. The molecule has 0 bridgehead atoms. The first kappa shape index (κ1) is 39.5. The molecule has 0 unspecified atom stereocenters. The minimum absolute atomic E-state index is 0.0220. The zero-order valence-corrected chi connectivity index (χ0v) is 40.2. The first-order chi connectivity index (χ1) is 37.7. The Bertz CT molecular complexity index is 4910. The van der Waals surface area contributed by atoms with Crippen molar-refractivity contribution in [3.63, 3.8) is 0 Å². The van der Waals surface area contributed by atoms with Crippen LogP contribution >= 0.6 is 0 Å². The van der Waals surface area contributed by atoms with Crippen molar-refractivity contribution in [2.45, 2.75) is 0 Å². The lowest BCUT2D eigenvalue weighted by Crippen LogP contribution is -2.59. The molecule has 0 saturated heterocycles. The fourth-order valence-electron chi connectivity index (χ4n) is 13.9. The van der Waals surface area contributed by atoms with Gasteiger partial charge in [-0.1, -0.05) is 121 Å². The number of ether oxygens (including phenoxy) is 5. The van der Waals surface area contributed by atoms with E-state index in [1.165, 1.54) is 10.8 Å². The lowest BCUT2D eigenvalue weighted by molar-refractivity contribution is 0.442. The molecule has 14 aromatic rings. The van der Waals surface area contributed by atoms with Crippen molar-refractivity contribution < 1.29 is 23.7 Å². The van der Waals surface area contributed by atoms with Crippen LogP contribution < -0.4 is 56.5 Å². The van der Waals surface area contributed by atoms with Crippen molar-refractivity contribution in [1.82, 2.24) is 13.7 Å². The summed E-state index contributed by atoms with van der Waals surface area (Å²) in [5.74, 6) is 7.95. The summed E-state index contributed by atoms with van der Waals surface area (Å²) in [6.07, 6.45) is 0. The van der Waals surface area contributed by atoms with Gasteiger partial charge in [-0.2, -0.15) is 0 Å². The van der Waals surface area contributed by atoms with Gasteiger partial charge in [-0.15, -0.1) is 0 Å². The highest BCUT2D eigenvalue weighted by atomic mass is 16.5. The second-order valence-electron chi connectivity index (χ2n) is 20.6. The third-order valence-corrected chi connectivity index (χ3v) is 16.8. The molecule has 8 nitrogen and oxygen atoms in total. The topological polar surface area (TPSA) is 60.9 Å². The Kier molecular flexibility index (Phi) is 7.25. The van der Waals surface area contributed by atoms with E-state index in [4.69, 9.17) is 23.7 Å². The molecule has 0 amide bonds. The average molecular weight is 972 g/mol. The zero-order valence-electron chi connectivity index (χ0n) is 40.2. The maximum atomic E-state index is 7.27. The largest absolute Gasteiger partial charge is 0.458 e. The van der Waals surface area contributed by atoms with Gasteiger partial charge in [0.05, 0.1) is 50.2 Å². The van der Waals surface area contributed by atoms with Crippen molar-refractivity contribution in [2.75, 3.05) is 0 Å². The van der Waals surface area contributed by atoms with E-state index >= 15 is 0 Å². The van der Waals surface area contributed by atoms with E-state index in [1.54, 1.807) is 0 Å². The van der Waals surface area contributed by atoms with Gasteiger partial charge >= 0.3 is 0 Å². The Morgan fingerprint density at radius 1 is 0.250 bits per heavy atom. The molecule has 5 aliphatic rings. The monoisotopic (exact) mass is 971 g/mol. The van der Waals surface area contributed by atoms with Crippen molar-refractivity contribution in [2.24, 2.45) is 0 Å². The molecule has 0 spiro atoms. The number of para-hydroxylation sites is 6. The van der Waals surface area contributed by atoms with E-state index < -0.39 is 0 Å². The molecular formula is C66H35B2N3O5. The first-order valence-electron chi connectivity index (χ1n) is 25.9. The third-order valence-electron chi connectivity index (χ3n) is 16.8. The summed E-state index contributed by atoms with van der Waals surface area (Å²) in [5, 5.41) is 6.95. The van der Waals surface area contributed by atoms with Crippen LogP contribution in [0.4, 0.5) is 0 Å². The standard InChI is InChI=1S/C66H35B2N3O5/c1-7-20-46-39(14-1)40-15-2-8-21-47(40)69(46)36-30-57-64-59(31-36)76-60-33-37(32-58-65(60)68(64)62-53(74-57)26-13-27-54(62)75-58)70-49-23-10-4-17-43(49)61-50(70)29-28-42-41-16-3-9-22-48(41)71(66(42)61)38-34-55-63-56(35-38)73-52-25-12-6-19-45(52)67(63)44-18-5-11-24-51(44)72-55/h1-35H. The van der Waals surface area contributed by atoms with Crippen molar-refractivity contribution >= 4 is 112 Å². The number of hydrogen-bond donors (Lipinski definition) is 0. The van der Waals surface area contributed by atoms with E-state index in [0.717, 1.165) is 162 Å². The Morgan fingerprint density at radius 2 is 0.605 bits per heavy atom. The molecule has 5 aliphatic heterocycles. The summed E-state index contributed by atoms with van der Waals surface area (Å²) >= 11 is 0. The van der Waals surface area contributed by atoms with Crippen LogP contribution in [-0.2, 0) is 0 Å². The third kappa shape index (κ3) is 4.92. The number of hydrogen-bond acceptors (Lipinski definition) is 5. The molecular weight excluding hydrogens is 936 g/mol. The highest BCUT2D eigenvalue weighted by molar-refractivity contribution is 7.00. The molecule has 76 heavy (non-hydrogen) atoms. The molecule has 8 heterocycles. The Labute approximate surface area is 433 Å². The predicted molar refractivity (Wildman–Crippen MR) is 305 cm³/mol. The smallest absolute Gasteiger partial charge is 0.270 e. The molecule has 0 atom stereocenters. The normalized spacial score (nSPS) is 13.7. The van der Waals surface area contributed by atoms with Gasteiger partial charge in [-0.05, 0) is 65.5 Å². The Morgan fingerprint density at radius 3 is 1.14 bits per heavy atom. The van der Waals surface area contributed by atoms with Crippen molar-refractivity contribution in [3.8, 4) is 74.6 Å². The summed E-state index contributed by atoms with van der Waals surface area (Å²) < 4.78 is 42.0. The van der Waals surface area contributed by atoms with Gasteiger partial charge < -0.3 is 37.4 Å². The van der Waals surface area contributed by atoms with Crippen LogP contribution in [0.3, 0.4) is 0 Å². The van der Waals surface area contributed by atoms with Gasteiger partial charge in [0, 0.05) is 90.6 Å². The Hall–Kier alpha value is -10.1. The van der Waals surface area contributed by atoms with Crippen LogP contribution in [0.15, 0.2) is 212 Å². The second kappa shape index (κ2) is 14.0. The molecule has 0 fully saturated rings. The highest BCUT2D eigenvalue weighted by Gasteiger charge is 2.47. The quantitative estimate of drug-likeness (QED) is 0.165. The maximum absolute atomic E-state index is 7.27. The van der Waals surface area contributed by atoms with Crippen LogP contribution in [0.1, 0.15) is 0 Å².